The van der Waals surface area contributed by atoms with Crippen molar-refractivity contribution in [2.45, 2.75) is 19.1 Å². The van der Waals surface area contributed by atoms with Crippen LogP contribution in [0.3, 0.4) is 0 Å². The number of aliphatic hydroxyl groups is 1. The van der Waals surface area contributed by atoms with Crippen LogP contribution in [-0.2, 0) is 34.7 Å². The van der Waals surface area contributed by atoms with Gasteiger partial charge in [0.25, 0.3) is 0 Å². The van der Waals surface area contributed by atoms with E-state index >= 15 is 0 Å². The van der Waals surface area contributed by atoms with Gasteiger partial charge in [0.2, 0.25) is 5.91 Å². The van der Waals surface area contributed by atoms with Gasteiger partial charge in [-0.2, -0.15) is 0 Å². The van der Waals surface area contributed by atoms with E-state index in [0.29, 0.717) is 59.4 Å². The smallest absolute Gasteiger partial charge is 0.245 e. The van der Waals surface area contributed by atoms with Crippen molar-refractivity contribution in [1.82, 2.24) is 14.5 Å². The average molecular weight is 454 g/mol. The Bertz CT molecular complexity index is 463. The van der Waals surface area contributed by atoms with Gasteiger partial charge in [0.05, 0.1) is 63.8 Å². The molecule has 30 heavy (non-hydrogen) atoms. The van der Waals surface area contributed by atoms with E-state index < -0.39 is 23.5 Å². The molecule has 11 heteroatoms. The first kappa shape index (κ1) is 27.4. The number of carbonyl (C=O) groups excluding carboxylic acids is 1. The van der Waals surface area contributed by atoms with Crippen molar-refractivity contribution in [3.63, 3.8) is 0 Å². The number of nitrogens with zero attached hydrogens (tertiary/aromatic N) is 2. The topological polar surface area (TPSA) is 110 Å². The molecule has 10 nitrogen and oxygen atoms in total. The van der Waals surface area contributed by atoms with Crippen molar-refractivity contribution in [2.75, 3.05) is 98.7 Å². The van der Waals surface area contributed by atoms with Crippen LogP contribution in [-0.4, -0.2) is 128 Å². The summed E-state index contributed by atoms with van der Waals surface area (Å²) < 4.78 is 35.9. The Hall–Kier alpha value is -0.660. The molecule has 0 radical (unpaired) electrons. The minimum absolute atomic E-state index is 0.178. The predicted molar refractivity (Wildman–Crippen MR) is 115 cm³/mol. The van der Waals surface area contributed by atoms with Crippen LogP contribution in [0.4, 0.5) is 0 Å². The second kappa shape index (κ2) is 18.0. The van der Waals surface area contributed by atoms with Crippen LogP contribution in [0.1, 0.15) is 13.8 Å². The third-order valence-corrected chi connectivity index (χ3v) is 6.05. The van der Waals surface area contributed by atoms with E-state index in [-0.39, 0.29) is 5.25 Å². The Morgan fingerprint density at radius 1 is 0.900 bits per heavy atom. The molecule has 0 spiro atoms. The maximum absolute atomic E-state index is 12.1. The van der Waals surface area contributed by atoms with Gasteiger partial charge in [-0.1, -0.05) is 0 Å². The predicted octanol–water partition coefficient (Wildman–Crippen LogP) is -1.15. The van der Waals surface area contributed by atoms with Crippen molar-refractivity contribution < 1.29 is 33.1 Å². The number of rotatable bonds is 18. The van der Waals surface area contributed by atoms with E-state index in [1.54, 1.807) is 0 Å². The Balaban J connectivity index is 1.79. The van der Waals surface area contributed by atoms with Crippen LogP contribution >= 0.6 is 0 Å². The molecule has 178 valence electrons. The summed E-state index contributed by atoms with van der Waals surface area (Å²) in [5.41, 5.74) is 0. The van der Waals surface area contributed by atoms with Gasteiger partial charge < -0.3 is 29.4 Å². The summed E-state index contributed by atoms with van der Waals surface area (Å²) in [5, 5.41) is 11.2. The Morgan fingerprint density at radius 2 is 1.40 bits per heavy atom. The van der Waals surface area contributed by atoms with Crippen LogP contribution in [0.25, 0.3) is 0 Å². The maximum atomic E-state index is 12.1. The lowest BCUT2D eigenvalue weighted by molar-refractivity contribution is -0.124. The molecule has 1 amide bonds. The molecule has 1 heterocycles. The Labute approximate surface area is 182 Å². The molecule has 0 aromatic rings. The fraction of sp³-hybridized carbons (Fsp3) is 0.947. The fourth-order valence-electron chi connectivity index (χ4n) is 2.71. The normalized spacial score (nSPS) is 16.8. The van der Waals surface area contributed by atoms with Gasteiger partial charge in [0.1, 0.15) is 6.61 Å². The fourth-order valence-corrected chi connectivity index (χ4v) is 3.82. The highest BCUT2D eigenvalue weighted by molar-refractivity contribution is 7.83. The summed E-state index contributed by atoms with van der Waals surface area (Å²) in [6.45, 7) is 12.3. The number of hydrogen-bond donors (Lipinski definition) is 2. The number of ether oxygens (including phenoxy) is 4. The zero-order chi connectivity index (χ0) is 22.0. The van der Waals surface area contributed by atoms with E-state index in [4.69, 9.17) is 24.1 Å². The number of hydrogen-bond acceptors (Lipinski definition) is 8. The van der Waals surface area contributed by atoms with Crippen molar-refractivity contribution in [1.29, 1.82) is 0 Å². The summed E-state index contributed by atoms with van der Waals surface area (Å²) in [6, 6.07) is 0. The summed E-state index contributed by atoms with van der Waals surface area (Å²) in [5.74, 6) is -0.408. The molecule has 1 atom stereocenters. The third-order valence-electron chi connectivity index (χ3n) is 4.37. The molecule has 1 rings (SSSR count). The van der Waals surface area contributed by atoms with Gasteiger partial charge in [-0.15, -0.1) is 0 Å². The minimum atomic E-state index is -0.872. The van der Waals surface area contributed by atoms with E-state index in [9.17, 15) is 9.00 Å². The van der Waals surface area contributed by atoms with Crippen LogP contribution in [0, 0.1) is 0 Å². The number of carbonyl (C=O) groups is 1. The van der Waals surface area contributed by atoms with Crippen molar-refractivity contribution in [2.24, 2.45) is 0 Å². The van der Waals surface area contributed by atoms with Gasteiger partial charge in [-0.3, -0.25) is 9.69 Å². The summed E-state index contributed by atoms with van der Waals surface area (Å²) in [7, 11) is -0.872. The van der Waals surface area contributed by atoms with Crippen molar-refractivity contribution >= 4 is 16.9 Å². The molecule has 1 aliphatic heterocycles. The van der Waals surface area contributed by atoms with Crippen LogP contribution in [0.2, 0.25) is 0 Å². The first-order valence-electron chi connectivity index (χ1n) is 10.6. The molecular formula is C19H39N3O7S. The average Bonchev–Trinajstić information content (AvgIpc) is 2.76. The zero-order valence-corrected chi connectivity index (χ0v) is 19.2. The minimum Gasteiger partial charge on any atom is -0.387 e. The second-order valence-electron chi connectivity index (χ2n) is 7.05. The second-order valence-corrected chi connectivity index (χ2v) is 9.06. The number of aliphatic hydroxyl groups excluding tert-OH is 1. The lowest BCUT2D eigenvalue weighted by Crippen LogP contribution is -2.48. The van der Waals surface area contributed by atoms with E-state index in [1.165, 1.54) is 0 Å². The molecule has 0 saturated carbocycles. The third kappa shape index (κ3) is 13.6. The number of amides is 1. The quantitative estimate of drug-likeness (QED) is 0.251. The van der Waals surface area contributed by atoms with E-state index in [2.05, 4.69) is 14.5 Å². The monoisotopic (exact) mass is 453 g/mol. The molecule has 1 aliphatic rings. The van der Waals surface area contributed by atoms with Crippen molar-refractivity contribution in [3.8, 4) is 0 Å². The van der Waals surface area contributed by atoms with Crippen LogP contribution in [0.15, 0.2) is 0 Å². The van der Waals surface area contributed by atoms with Gasteiger partial charge >= 0.3 is 0 Å². The standard InChI is InChI=1S/C19H39N3O7S/c1-18(2)30(25)22-6-4-21(5-7-22)8-10-27-12-14-29-16-15-28-13-11-26-9-3-20-19(24)17-23/h18,23H,3-17H2,1-2H3,(H,20,24). The molecule has 0 aliphatic carbocycles. The highest BCUT2D eigenvalue weighted by Crippen LogP contribution is 2.08. The Kier molecular flexibility index (Phi) is 16.4. The molecule has 1 fully saturated rings. The first-order valence-corrected chi connectivity index (χ1v) is 11.8. The van der Waals surface area contributed by atoms with E-state index in [0.717, 1.165) is 32.7 Å². The maximum Gasteiger partial charge on any atom is 0.245 e. The molecular weight excluding hydrogens is 414 g/mol. The largest absolute Gasteiger partial charge is 0.387 e. The molecule has 2 N–H and O–H groups in total. The number of nitrogens with one attached hydrogen (secondary N) is 1. The highest BCUT2D eigenvalue weighted by atomic mass is 32.2. The number of piperazine rings is 1. The first-order chi connectivity index (χ1) is 14.5. The van der Waals surface area contributed by atoms with E-state index in [1.807, 2.05) is 13.8 Å². The lowest BCUT2D eigenvalue weighted by Gasteiger charge is -2.34. The van der Waals surface area contributed by atoms with Crippen LogP contribution in [0.5, 0.6) is 0 Å². The highest BCUT2D eigenvalue weighted by Gasteiger charge is 2.22. The lowest BCUT2D eigenvalue weighted by atomic mass is 10.3. The van der Waals surface area contributed by atoms with Gasteiger partial charge in [-0.05, 0) is 13.8 Å². The SMILES string of the molecule is CC(C)S(=O)N1CCN(CCOCCOCCOCCOCCNC(=O)CO)CC1. The molecule has 1 saturated heterocycles. The molecule has 0 aromatic heterocycles. The van der Waals surface area contributed by atoms with Crippen LogP contribution < -0.4 is 5.32 Å². The van der Waals surface area contributed by atoms with Gasteiger partial charge in [-0.25, -0.2) is 8.51 Å². The van der Waals surface area contributed by atoms with Gasteiger partial charge in [0.15, 0.2) is 0 Å². The Morgan fingerprint density at radius 3 is 1.90 bits per heavy atom. The summed E-state index contributed by atoms with van der Waals surface area (Å²) >= 11 is 0. The summed E-state index contributed by atoms with van der Waals surface area (Å²) in [4.78, 5) is 13.1. The molecule has 0 aromatic carbocycles. The summed E-state index contributed by atoms with van der Waals surface area (Å²) in [6.07, 6.45) is 0. The molecule has 1 unspecified atom stereocenters. The zero-order valence-electron chi connectivity index (χ0n) is 18.4. The van der Waals surface area contributed by atoms with Crippen molar-refractivity contribution in [3.05, 3.63) is 0 Å². The molecule has 0 bridgehead atoms. The van der Waals surface area contributed by atoms with Gasteiger partial charge in [0, 0.05) is 44.5 Å².